The molecule has 6 nitrogen and oxygen atoms in total. The third-order valence-corrected chi connectivity index (χ3v) is 3.79. The third-order valence-electron chi connectivity index (χ3n) is 3.79. The lowest BCUT2D eigenvalue weighted by Crippen LogP contribution is -2.44. The average Bonchev–Trinajstić information content (AvgIpc) is 3.12. The van der Waals surface area contributed by atoms with Crippen molar-refractivity contribution in [2.45, 2.75) is 25.4 Å². The summed E-state index contributed by atoms with van der Waals surface area (Å²) in [5, 5.41) is 13.9. The van der Waals surface area contributed by atoms with Crippen LogP contribution < -0.4 is 4.90 Å². The van der Waals surface area contributed by atoms with Gasteiger partial charge in [0.2, 0.25) is 5.89 Å². The molecule has 2 fully saturated rings. The molecule has 6 heteroatoms. The minimum atomic E-state index is -0.314. The Kier molecular flexibility index (Phi) is 3.22. The quantitative estimate of drug-likeness (QED) is 0.822. The summed E-state index contributed by atoms with van der Waals surface area (Å²) in [4.78, 5) is 8.80. The van der Waals surface area contributed by atoms with Gasteiger partial charge >= 0.3 is 0 Å². The van der Waals surface area contributed by atoms with E-state index >= 15 is 0 Å². The highest BCUT2D eigenvalue weighted by atomic mass is 16.5. The van der Waals surface area contributed by atoms with Gasteiger partial charge in [0, 0.05) is 26.2 Å². The van der Waals surface area contributed by atoms with Crippen molar-refractivity contribution < 1.29 is 9.63 Å². The number of anilines is 1. The van der Waals surface area contributed by atoms with Crippen molar-refractivity contribution in [3.63, 3.8) is 0 Å². The van der Waals surface area contributed by atoms with E-state index in [2.05, 4.69) is 27.0 Å². The number of hydrogen-bond acceptors (Lipinski definition) is 6. The van der Waals surface area contributed by atoms with Crippen LogP contribution in [0.15, 0.2) is 4.52 Å². The van der Waals surface area contributed by atoms with Crippen molar-refractivity contribution in [2.75, 3.05) is 38.1 Å². The van der Waals surface area contributed by atoms with E-state index in [-0.39, 0.29) is 6.10 Å². The predicted molar refractivity (Wildman–Crippen MR) is 66.4 cm³/mol. The van der Waals surface area contributed by atoms with E-state index in [9.17, 15) is 5.11 Å². The Balaban J connectivity index is 1.58. The topological polar surface area (TPSA) is 65.6 Å². The molecule has 0 spiro atoms. The zero-order valence-electron chi connectivity index (χ0n) is 10.7. The van der Waals surface area contributed by atoms with Gasteiger partial charge in [0.05, 0.1) is 12.5 Å². The Morgan fingerprint density at radius 3 is 2.72 bits per heavy atom. The first-order chi connectivity index (χ1) is 8.72. The minimum Gasteiger partial charge on any atom is -0.392 e. The summed E-state index contributed by atoms with van der Waals surface area (Å²) in [5.41, 5.74) is 0. The molecule has 1 aromatic rings. The maximum absolute atomic E-state index is 9.85. The van der Waals surface area contributed by atoms with E-state index in [1.807, 2.05) is 0 Å². The van der Waals surface area contributed by atoms with Crippen LogP contribution in [0.1, 0.15) is 18.7 Å². The number of nitrogens with zero attached hydrogens (tertiary/aromatic N) is 4. The van der Waals surface area contributed by atoms with Crippen LogP contribution in [-0.4, -0.2) is 59.5 Å². The third kappa shape index (κ3) is 2.64. The first kappa shape index (κ1) is 11.9. The minimum absolute atomic E-state index is 0.314. The van der Waals surface area contributed by atoms with E-state index in [0.29, 0.717) is 24.2 Å². The number of piperazine rings is 1. The van der Waals surface area contributed by atoms with E-state index in [1.165, 1.54) is 0 Å². The molecule has 0 aromatic carbocycles. The number of likely N-dealkylation sites (N-methyl/N-ethyl adjacent to an activating group) is 1. The molecular formula is C12H20N4O2. The van der Waals surface area contributed by atoms with Gasteiger partial charge in [-0.2, -0.15) is 4.98 Å². The molecule has 1 aromatic heterocycles. The Labute approximate surface area is 107 Å². The molecule has 1 aliphatic heterocycles. The van der Waals surface area contributed by atoms with Crippen LogP contribution in [0.2, 0.25) is 0 Å². The van der Waals surface area contributed by atoms with Gasteiger partial charge in [-0.1, -0.05) is 0 Å². The molecule has 0 bridgehead atoms. The molecule has 1 aliphatic carbocycles. The molecule has 1 N–H and O–H groups in total. The second kappa shape index (κ2) is 4.85. The van der Waals surface area contributed by atoms with Crippen molar-refractivity contribution in [2.24, 2.45) is 5.92 Å². The lowest BCUT2D eigenvalue weighted by atomic mass is 10.2. The lowest BCUT2D eigenvalue weighted by Gasteiger charge is -2.31. The summed E-state index contributed by atoms with van der Waals surface area (Å²) >= 11 is 0. The standard InChI is InChI=1S/C12H20N4O2/c1-15-4-6-16(7-5-15)12-13-11(18-14-12)8-10(17)9-2-3-9/h9-10,17H,2-8H2,1H3. The van der Waals surface area contributed by atoms with Crippen molar-refractivity contribution in [1.82, 2.24) is 15.0 Å². The van der Waals surface area contributed by atoms with Crippen LogP contribution in [0.4, 0.5) is 5.95 Å². The average molecular weight is 252 g/mol. The van der Waals surface area contributed by atoms with Crippen LogP contribution in [0.3, 0.4) is 0 Å². The van der Waals surface area contributed by atoms with E-state index in [4.69, 9.17) is 4.52 Å². The van der Waals surface area contributed by atoms with Crippen LogP contribution in [0.25, 0.3) is 0 Å². The van der Waals surface area contributed by atoms with Gasteiger partial charge in [-0.15, -0.1) is 0 Å². The summed E-state index contributed by atoms with van der Waals surface area (Å²) in [5.74, 6) is 1.67. The van der Waals surface area contributed by atoms with Crippen LogP contribution in [0.5, 0.6) is 0 Å². The molecule has 18 heavy (non-hydrogen) atoms. The van der Waals surface area contributed by atoms with Crippen LogP contribution in [-0.2, 0) is 6.42 Å². The molecule has 2 aliphatic rings. The zero-order valence-corrected chi connectivity index (χ0v) is 10.7. The van der Waals surface area contributed by atoms with Crippen molar-refractivity contribution in [3.8, 4) is 0 Å². The highest BCUT2D eigenvalue weighted by Crippen LogP contribution is 2.33. The molecule has 1 unspecified atom stereocenters. The van der Waals surface area contributed by atoms with Gasteiger partial charge in [0.25, 0.3) is 5.95 Å². The van der Waals surface area contributed by atoms with E-state index in [1.54, 1.807) is 0 Å². The summed E-state index contributed by atoms with van der Waals surface area (Å²) in [6.45, 7) is 3.91. The molecular weight excluding hydrogens is 232 g/mol. The Morgan fingerprint density at radius 1 is 1.33 bits per heavy atom. The highest BCUT2D eigenvalue weighted by molar-refractivity contribution is 5.28. The fourth-order valence-electron chi connectivity index (χ4n) is 2.29. The number of aliphatic hydroxyl groups is 1. The smallest absolute Gasteiger partial charge is 0.266 e. The van der Waals surface area contributed by atoms with E-state index < -0.39 is 0 Å². The fraction of sp³-hybridized carbons (Fsp3) is 0.833. The summed E-state index contributed by atoms with van der Waals surface area (Å²) < 4.78 is 5.22. The molecule has 0 amide bonds. The molecule has 2 heterocycles. The Hall–Kier alpha value is -1.14. The molecule has 1 saturated heterocycles. The largest absolute Gasteiger partial charge is 0.392 e. The second-order valence-electron chi connectivity index (χ2n) is 5.39. The SMILES string of the molecule is CN1CCN(c2noc(CC(O)C3CC3)n2)CC1. The predicted octanol–water partition coefficient (Wildman–Crippen LogP) is 0.135. The summed E-state index contributed by atoms with van der Waals surface area (Å²) in [7, 11) is 2.12. The van der Waals surface area contributed by atoms with Gasteiger partial charge in [0.15, 0.2) is 0 Å². The van der Waals surface area contributed by atoms with Crippen molar-refractivity contribution in [3.05, 3.63) is 5.89 Å². The fourth-order valence-corrected chi connectivity index (χ4v) is 2.29. The normalized spacial score (nSPS) is 23.3. The monoisotopic (exact) mass is 252 g/mol. The van der Waals surface area contributed by atoms with E-state index in [0.717, 1.165) is 39.0 Å². The number of aromatic nitrogens is 2. The van der Waals surface area contributed by atoms with Gasteiger partial charge in [-0.3, -0.25) is 0 Å². The maximum Gasteiger partial charge on any atom is 0.266 e. The van der Waals surface area contributed by atoms with Crippen molar-refractivity contribution in [1.29, 1.82) is 0 Å². The number of aliphatic hydroxyl groups excluding tert-OH is 1. The van der Waals surface area contributed by atoms with Gasteiger partial charge in [-0.05, 0) is 31.0 Å². The molecule has 100 valence electrons. The number of rotatable bonds is 4. The Bertz CT molecular complexity index is 397. The summed E-state index contributed by atoms with van der Waals surface area (Å²) in [6.07, 6.45) is 2.43. The summed E-state index contributed by atoms with van der Waals surface area (Å²) in [6, 6.07) is 0. The Morgan fingerprint density at radius 2 is 2.06 bits per heavy atom. The van der Waals surface area contributed by atoms with Gasteiger partial charge in [0.1, 0.15) is 0 Å². The second-order valence-corrected chi connectivity index (χ2v) is 5.39. The molecule has 1 saturated carbocycles. The first-order valence-electron chi connectivity index (χ1n) is 6.66. The maximum atomic E-state index is 9.85. The molecule has 1 atom stereocenters. The molecule has 3 rings (SSSR count). The molecule has 0 radical (unpaired) electrons. The lowest BCUT2D eigenvalue weighted by molar-refractivity contribution is 0.140. The van der Waals surface area contributed by atoms with Gasteiger partial charge in [-0.25, -0.2) is 0 Å². The highest BCUT2D eigenvalue weighted by Gasteiger charge is 2.31. The van der Waals surface area contributed by atoms with Crippen LogP contribution >= 0.6 is 0 Å². The van der Waals surface area contributed by atoms with Crippen LogP contribution in [0, 0.1) is 5.92 Å². The van der Waals surface area contributed by atoms with Crippen molar-refractivity contribution >= 4 is 5.95 Å². The number of hydrogen-bond donors (Lipinski definition) is 1. The first-order valence-corrected chi connectivity index (χ1v) is 6.66. The van der Waals surface area contributed by atoms with Gasteiger partial charge < -0.3 is 19.4 Å². The zero-order chi connectivity index (χ0) is 12.5.